The van der Waals surface area contributed by atoms with Crippen molar-refractivity contribution in [1.29, 1.82) is 0 Å². The maximum Gasteiger partial charge on any atom is 0.412 e. The molecule has 12 nitrogen and oxygen atoms in total. The van der Waals surface area contributed by atoms with Crippen molar-refractivity contribution in [3.05, 3.63) is 182 Å². The Balaban J connectivity index is 1.13. The molecule has 2 N–H and O–H groups in total. The van der Waals surface area contributed by atoms with E-state index >= 15 is 0 Å². The van der Waals surface area contributed by atoms with Gasteiger partial charge in [0.15, 0.2) is 0 Å². The van der Waals surface area contributed by atoms with E-state index in [1.807, 2.05) is 84.9 Å². The largest absolute Gasteiger partial charge is 0.460 e. The quantitative estimate of drug-likeness (QED) is 0.0519. The second kappa shape index (κ2) is 21.2. The molecule has 0 unspecified atom stereocenters. The van der Waals surface area contributed by atoms with Gasteiger partial charge in [0.1, 0.15) is 24.7 Å². The molecule has 12 heteroatoms. The first kappa shape index (κ1) is 43.5. The molecular weight excluding hydrogens is 785 g/mol. The van der Waals surface area contributed by atoms with E-state index in [1.165, 1.54) is 0 Å². The highest BCUT2D eigenvalue weighted by atomic mass is 16.6. The lowest BCUT2D eigenvalue weighted by atomic mass is 10.0. The van der Waals surface area contributed by atoms with Crippen LogP contribution in [0.1, 0.15) is 13.8 Å². The molecule has 0 bridgehead atoms. The maximum absolute atomic E-state index is 12.4. The van der Waals surface area contributed by atoms with Gasteiger partial charge in [-0.15, -0.1) is 0 Å². The van der Waals surface area contributed by atoms with Crippen molar-refractivity contribution in [2.75, 3.05) is 36.1 Å². The molecule has 0 aliphatic heterocycles. The standard InChI is InChI=1S/C50H46N4O8/c1-35(2)47(55)59-33-31-51-49(57)61-45-27-23-43(24-28-45)53(39-11-7-5-8-12-39)41-19-15-37(16-20-41)38-17-21-42(22-18-38)54(40-13-9-6-10-14-40)44-25-29-46(30-26-44)62-50(58)52-32-34-60-48(56)36(3)4/h5-30H,1,3,31-34H2,2,4H3,(H,51,57)(H,52,58). The normalized spacial score (nSPS) is 10.4. The number of carbonyl (C=O) groups excluding carboxylic acids is 4. The number of esters is 2. The number of benzene rings is 6. The molecule has 2 amide bonds. The average molecular weight is 831 g/mol. The molecule has 0 aliphatic carbocycles. The van der Waals surface area contributed by atoms with Gasteiger partial charge < -0.3 is 39.4 Å². The number of carbonyl (C=O) groups is 4. The average Bonchev–Trinajstić information content (AvgIpc) is 3.29. The van der Waals surface area contributed by atoms with Crippen molar-refractivity contribution < 1.29 is 38.1 Å². The molecule has 0 fully saturated rings. The summed E-state index contributed by atoms with van der Waals surface area (Å²) in [6.45, 7) is 10.4. The lowest BCUT2D eigenvalue weighted by molar-refractivity contribution is -0.139. The molecule has 0 atom stereocenters. The summed E-state index contributed by atoms with van der Waals surface area (Å²) in [5.41, 5.74) is 8.08. The molecule has 0 spiro atoms. The number of anilines is 6. The third kappa shape index (κ3) is 12.0. The monoisotopic (exact) mass is 830 g/mol. The van der Waals surface area contributed by atoms with Gasteiger partial charge >= 0.3 is 24.1 Å². The summed E-state index contributed by atoms with van der Waals surface area (Å²) in [7, 11) is 0. The highest BCUT2D eigenvalue weighted by Gasteiger charge is 2.16. The zero-order valence-corrected chi connectivity index (χ0v) is 34.4. The van der Waals surface area contributed by atoms with E-state index in [2.05, 4.69) is 82.1 Å². The van der Waals surface area contributed by atoms with Gasteiger partial charge in [-0.1, -0.05) is 73.8 Å². The molecule has 6 aromatic carbocycles. The van der Waals surface area contributed by atoms with E-state index in [0.29, 0.717) is 11.5 Å². The van der Waals surface area contributed by atoms with Crippen LogP contribution in [0.25, 0.3) is 11.1 Å². The molecule has 0 heterocycles. The summed E-state index contributed by atoms with van der Waals surface area (Å²) in [5, 5.41) is 5.13. The SMILES string of the molecule is C=C(C)C(=O)OCCNC(=O)Oc1ccc(N(c2ccccc2)c2ccc(-c3ccc(N(c4ccccc4)c4ccc(OC(=O)NCCOC(=O)C(=C)C)cc4)cc3)cc2)cc1. The van der Waals surface area contributed by atoms with Crippen LogP contribution >= 0.6 is 0 Å². The molecule has 6 rings (SSSR count). The number of nitrogens with one attached hydrogen (secondary N) is 2. The minimum atomic E-state index is -0.664. The minimum absolute atomic E-state index is 0.00165. The summed E-state index contributed by atoms with van der Waals surface area (Å²) in [4.78, 5) is 52.0. The van der Waals surface area contributed by atoms with E-state index in [9.17, 15) is 19.2 Å². The van der Waals surface area contributed by atoms with Crippen molar-refractivity contribution in [3.63, 3.8) is 0 Å². The van der Waals surface area contributed by atoms with E-state index in [4.69, 9.17) is 18.9 Å². The Kier molecular flexibility index (Phi) is 14.9. The van der Waals surface area contributed by atoms with Crippen LogP contribution in [-0.2, 0) is 19.1 Å². The first-order valence-electron chi connectivity index (χ1n) is 19.7. The topological polar surface area (TPSA) is 136 Å². The van der Waals surface area contributed by atoms with Crippen LogP contribution in [0.15, 0.2) is 182 Å². The highest BCUT2D eigenvalue weighted by Crippen LogP contribution is 2.38. The molecule has 0 saturated heterocycles. The Morgan fingerprint density at radius 2 is 0.726 bits per heavy atom. The minimum Gasteiger partial charge on any atom is -0.460 e. The molecular formula is C50H46N4O8. The van der Waals surface area contributed by atoms with Crippen molar-refractivity contribution in [2.45, 2.75) is 13.8 Å². The van der Waals surface area contributed by atoms with E-state index in [-0.39, 0.29) is 37.4 Å². The number of hydrogen-bond donors (Lipinski definition) is 2. The van der Waals surface area contributed by atoms with Gasteiger partial charge in [-0.2, -0.15) is 0 Å². The van der Waals surface area contributed by atoms with Crippen molar-refractivity contribution >= 4 is 58.2 Å². The lowest BCUT2D eigenvalue weighted by Crippen LogP contribution is -2.30. The van der Waals surface area contributed by atoms with Gasteiger partial charge in [0.05, 0.1) is 13.1 Å². The van der Waals surface area contributed by atoms with Gasteiger partial charge in [-0.3, -0.25) is 0 Å². The zero-order chi connectivity index (χ0) is 43.8. The third-order valence-electron chi connectivity index (χ3n) is 9.13. The van der Waals surface area contributed by atoms with Crippen LogP contribution in [-0.4, -0.2) is 50.4 Å². The van der Waals surface area contributed by atoms with Gasteiger partial charge in [0, 0.05) is 45.3 Å². The molecule has 314 valence electrons. The van der Waals surface area contributed by atoms with E-state index in [0.717, 1.165) is 45.3 Å². The van der Waals surface area contributed by atoms with Crippen LogP contribution in [0.4, 0.5) is 43.7 Å². The second-order valence-electron chi connectivity index (χ2n) is 13.9. The second-order valence-corrected chi connectivity index (χ2v) is 13.9. The fourth-order valence-corrected chi connectivity index (χ4v) is 6.11. The van der Waals surface area contributed by atoms with Crippen LogP contribution in [0.2, 0.25) is 0 Å². The highest BCUT2D eigenvalue weighted by molar-refractivity contribution is 5.87. The number of amides is 2. The number of para-hydroxylation sites is 2. The molecule has 62 heavy (non-hydrogen) atoms. The molecule has 0 radical (unpaired) electrons. The summed E-state index contributed by atoms with van der Waals surface area (Å²) in [6.07, 6.45) is -1.33. The first-order chi connectivity index (χ1) is 30.0. The summed E-state index contributed by atoms with van der Waals surface area (Å²) in [6, 6.07) is 50.9. The fraction of sp³-hybridized carbons (Fsp3) is 0.120. The zero-order valence-electron chi connectivity index (χ0n) is 34.4. The van der Waals surface area contributed by atoms with Crippen molar-refractivity contribution in [3.8, 4) is 22.6 Å². The van der Waals surface area contributed by atoms with Gasteiger partial charge in [0.2, 0.25) is 0 Å². The van der Waals surface area contributed by atoms with Crippen LogP contribution in [0.3, 0.4) is 0 Å². The lowest BCUT2D eigenvalue weighted by Gasteiger charge is -2.26. The van der Waals surface area contributed by atoms with Crippen LogP contribution < -0.4 is 29.9 Å². The molecule has 0 aliphatic rings. The Morgan fingerprint density at radius 3 is 1.03 bits per heavy atom. The first-order valence-corrected chi connectivity index (χ1v) is 19.7. The predicted molar refractivity (Wildman–Crippen MR) is 241 cm³/mol. The Bertz CT molecular complexity index is 2300. The fourth-order valence-electron chi connectivity index (χ4n) is 6.11. The molecule has 0 aromatic heterocycles. The van der Waals surface area contributed by atoms with Crippen molar-refractivity contribution in [2.24, 2.45) is 0 Å². The number of ether oxygens (including phenoxy) is 4. The third-order valence-corrected chi connectivity index (χ3v) is 9.13. The van der Waals surface area contributed by atoms with E-state index < -0.39 is 24.1 Å². The Labute approximate surface area is 360 Å². The van der Waals surface area contributed by atoms with Crippen LogP contribution in [0.5, 0.6) is 11.5 Å². The summed E-state index contributed by atoms with van der Waals surface area (Å²) < 4.78 is 20.9. The smallest absolute Gasteiger partial charge is 0.412 e. The predicted octanol–water partition coefficient (Wildman–Crippen LogP) is 10.7. The number of hydrogen-bond acceptors (Lipinski definition) is 10. The van der Waals surface area contributed by atoms with Gasteiger partial charge in [-0.25, -0.2) is 19.2 Å². The summed E-state index contributed by atoms with van der Waals surface area (Å²) in [5.74, 6) is -0.334. The maximum atomic E-state index is 12.4. The summed E-state index contributed by atoms with van der Waals surface area (Å²) >= 11 is 0. The Morgan fingerprint density at radius 1 is 0.435 bits per heavy atom. The molecule has 0 saturated carbocycles. The van der Waals surface area contributed by atoms with E-state index in [1.54, 1.807) is 38.1 Å². The van der Waals surface area contributed by atoms with Crippen molar-refractivity contribution in [1.82, 2.24) is 10.6 Å². The molecule has 6 aromatic rings. The Hall–Kier alpha value is -8.12. The van der Waals surface area contributed by atoms with Gasteiger partial charge in [0.25, 0.3) is 0 Å². The number of nitrogens with zero attached hydrogens (tertiary/aromatic N) is 2. The number of rotatable bonds is 17. The van der Waals surface area contributed by atoms with Gasteiger partial charge in [-0.05, 0) is 122 Å². The van der Waals surface area contributed by atoms with Crippen LogP contribution in [0, 0.1) is 0 Å².